The first kappa shape index (κ1) is 15.3. The lowest BCUT2D eigenvalue weighted by Crippen LogP contribution is -2.09. The van der Waals surface area contributed by atoms with Gasteiger partial charge in [-0.25, -0.2) is 4.98 Å². The average Bonchev–Trinajstić information content (AvgIpc) is 3.17. The summed E-state index contributed by atoms with van der Waals surface area (Å²) in [6, 6.07) is 10.1. The summed E-state index contributed by atoms with van der Waals surface area (Å²) in [5, 5.41) is 11.6. The molecular formula is C17H17N5S. The molecule has 3 heterocycles. The topological polar surface area (TPSA) is 81.7 Å². The molecule has 0 amide bonds. The second-order valence-corrected chi connectivity index (χ2v) is 6.48. The van der Waals surface area contributed by atoms with E-state index in [1.807, 2.05) is 38.5 Å². The Hall–Kier alpha value is -2.62. The summed E-state index contributed by atoms with van der Waals surface area (Å²) in [4.78, 5) is 10.6. The molecule has 0 aliphatic rings. The Morgan fingerprint density at radius 3 is 2.87 bits per heavy atom. The molecule has 23 heavy (non-hydrogen) atoms. The van der Waals surface area contributed by atoms with Gasteiger partial charge in [0.05, 0.1) is 11.4 Å². The van der Waals surface area contributed by atoms with E-state index in [0.717, 1.165) is 28.4 Å². The third-order valence-electron chi connectivity index (χ3n) is 3.45. The maximum absolute atomic E-state index is 9.45. The maximum Gasteiger partial charge on any atom is 0.142 e. The zero-order chi connectivity index (χ0) is 16.4. The van der Waals surface area contributed by atoms with Gasteiger partial charge in [-0.3, -0.25) is 0 Å². The van der Waals surface area contributed by atoms with Crippen LogP contribution in [0.25, 0.3) is 21.8 Å². The number of H-pyrrole nitrogens is 1. The number of nitrogens with two attached hydrogens (primary N) is 1. The Morgan fingerprint density at radius 1 is 1.39 bits per heavy atom. The van der Waals surface area contributed by atoms with Crippen molar-refractivity contribution in [1.29, 1.82) is 5.26 Å². The van der Waals surface area contributed by atoms with Gasteiger partial charge in [-0.15, -0.1) is 11.3 Å². The van der Waals surface area contributed by atoms with Crippen molar-refractivity contribution in [2.45, 2.75) is 6.54 Å². The third kappa shape index (κ3) is 3.11. The van der Waals surface area contributed by atoms with Gasteiger partial charge >= 0.3 is 0 Å². The van der Waals surface area contributed by atoms with E-state index in [4.69, 9.17) is 5.73 Å². The predicted molar refractivity (Wildman–Crippen MR) is 93.9 cm³/mol. The van der Waals surface area contributed by atoms with E-state index in [2.05, 4.69) is 32.4 Å². The number of nitrogen functional groups attached to an aromatic ring is 1. The quantitative estimate of drug-likeness (QED) is 0.771. The lowest BCUT2D eigenvalue weighted by atomic mass is 10.1. The van der Waals surface area contributed by atoms with Crippen molar-refractivity contribution in [3.8, 4) is 27.9 Å². The van der Waals surface area contributed by atoms with Crippen molar-refractivity contribution in [2.24, 2.45) is 0 Å². The molecule has 0 bridgehead atoms. The van der Waals surface area contributed by atoms with Crippen LogP contribution >= 0.6 is 11.3 Å². The average molecular weight is 323 g/mol. The summed E-state index contributed by atoms with van der Waals surface area (Å²) in [6.07, 6.45) is 1.84. The van der Waals surface area contributed by atoms with Crippen LogP contribution in [0.1, 0.15) is 11.1 Å². The fraction of sp³-hybridized carbons (Fsp3) is 0.176. The number of hydrogen-bond donors (Lipinski definition) is 2. The summed E-state index contributed by atoms with van der Waals surface area (Å²) in [5.74, 6) is 0.261. The number of nitrogens with zero attached hydrogens (tertiary/aromatic N) is 3. The van der Waals surface area contributed by atoms with Crippen LogP contribution in [0.4, 0.5) is 5.82 Å². The van der Waals surface area contributed by atoms with Gasteiger partial charge in [-0.2, -0.15) is 5.26 Å². The number of rotatable bonds is 4. The number of pyridine rings is 1. The van der Waals surface area contributed by atoms with Crippen LogP contribution in [-0.4, -0.2) is 29.0 Å². The van der Waals surface area contributed by atoms with E-state index in [1.165, 1.54) is 5.56 Å². The lowest BCUT2D eigenvalue weighted by Gasteiger charge is -2.08. The van der Waals surface area contributed by atoms with E-state index in [9.17, 15) is 5.26 Å². The summed E-state index contributed by atoms with van der Waals surface area (Å²) in [5.41, 5.74) is 10.1. The number of hydrogen-bond acceptors (Lipinski definition) is 5. The minimum absolute atomic E-state index is 0.261. The molecule has 0 saturated heterocycles. The molecule has 3 aromatic rings. The number of nitriles is 1. The standard InChI is InChI=1S/C17H17N5S/c1-22(2)9-11-6-16(23-10-11)12-7-15(14-4-3-5-20-14)21-17(19)13(12)8-18/h3-7,10,20H,9H2,1-2H3,(H2,19,21). The molecular weight excluding hydrogens is 306 g/mol. The molecule has 6 heteroatoms. The second-order valence-electron chi connectivity index (χ2n) is 5.57. The zero-order valence-electron chi connectivity index (χ0n) is 13.0. The highest BCUT2D eigenvalue weighted by atomic mass is 32.1. The highest BCUT2D eigenvalue weighted by molar-refractivity contribution is 7.13. The Morgan fingerprint density at radius 2 is 2.22 bits per heavy atom. The molecule has 0 aromatic carbocycles. The molecule has 3 aromatic heterocycles. The molecule has 3 N–H and O–H groups in total. The van der Waals surface area contributed by atoms with Gasteiger partial charge < -0.3 is 15.6 Å². The third-order valence-corrected chi connectivity index (χ3v) is 4.46. The molecule has 0 aliphatic carbocycles. The monoisotopic (exact) mass is 323 g/mol. The van der Waals surface area contributed by atoms with Crippen LogP contribution in [0, 0.1) is 11.3 Å². The summed E-state index contributed by atoms with van der Waals surface area (Å²) >= 11 is 1.62. The predicted octanol–water partition coefficient (Wildman–Crippen LogP) is 3.32. The fourth-order valence-electron chi connectivity index (χ4n) is 2.47. The summed E-state index contributed by atoms with van der Waals surface area (Å²) in [7, 11) is 4.07. The van der Waals surface area contributed by atoms with Crippen molar-refractivity contribution in [2.75, 3.05) is 19.8 Å². The number of aromatic amines is 1. The zero-order valence-corrected chi connectivity index (χ0v) is 13.8. The molecule has 3 rings (SSSR count). The van der Waals surface area contributed by atoms with Gasteiger partial charge in [-0.05, 0) is 49.3 Å². The van der Waals surface area contributed by atoms with Crippen LogP contribution in [0.3, 0.4) is 0 Å². The van der Waals surface area contributed by atoms with Crippen LogP contribution < -0.4 is 5.73 Å². The van der Waals surface area contributed by atoms with Gasteiger partial charge in [-0.1, -0.05) is 0 Å². The molecule has 0 saturated carbocycles. The minimum Gasteiger partial charge on any atom is -0.383 e. The van der Waals surface area contributed by atoms with E-state index >= 15 is 0 Å². The van der Waals surface area contributed by atoms with Gasteiger partial charge in [0.2, 0.25) is 0 Å². The Bertz CT molecular complexity index is 856. The van der Waals surface area contributed by atoms with Crippen molar-refractivity contribution in [3.63, 3.8) is 0 Å². The lowest BCUT2D eigenvalue weighted by molar-refractivity contribution is 0.403. The Labute approximate surface area is 139 Å². The van der Waals surface area contributed by atoms with Gasteiger partial charge in [0, 0.05) is 23.2 Å². The fourth-order valence-corrected chi connectivity index (χ4v) is 3.40. The van der Waals surface area contributed by atoms with Crippen molar-refractivity contribution < 1.29 is 0 Å². The number of thiophene rings is 1. The maximum atomic E-state index is 9.45. The van der Waals surface area contributed by atoms with Crippen LogP contribution in [0.15, 0.2) is 35.8 Å². The molecule has 0 atom stereocenters. The van der Waals surface area contributed by atoms with Crippen molar-refractivity contribution >= 4 is 17.2 Å². The van der Waals surface area contributed by atoms with E-state index < -0.39 is 0 Å². The Balaban J connectivity index is 2.10. The highest BCUT2D eigenvalue weighted by Gasteiger charge is 2.15. The van der Waals surface area contributed by atoms with E-state index in [-0.39, 0.29) is 5.82 Å². The normalized spacial score (nSPS) is 10.9. The van der Waals surface area contributed by atoms with Gasteiger partial charge in [0.15, 0.2) is 0 Å². The second kappa shape index (κ2) is 6.24. The van der Waals surface area contributed by atoms with E-state index in [0.29, 0.717) is 5.56 Å². The van der Waals surface area contributed by atoms with E-state index in [1.54, 1.807) is 11.3 Å². The van der Waals surface area contributed by atoms with Crippen LogP contribution in [0.5, 0.6) is 0 Å². The van der Waals surface area contributed by atoms with Gasteiger partial charge in [0.1, 0.15) is 17.5 Å². The van der Waals surface area contributed by atoms with Crippen molar-refractivity contribution in [3.05, 3.63) is 47.0 Å². The first-order valence-electron chi connectivity index (χ1n) is 7.15. The van der Waals surface area contributed by atoms with Gasteiger partial charge in [0.25, 0.3) is 0 Å². The van der Waals surface area contributed by atoms with Crippen LogP contribution in [0.2, 0.25) is 0 Å². The largest absolute Gasteiger partial charge is 0.383 e. The number of nitrogens with one attached hydrogen (secondary N) is 1. The molecule has 116 valence electrons. The number of anilines is 1. The molecule has 0 aliphatic heterocycles. The summed E-state index contributed by atoms with van der Waals surface area (Å²) in [6.45, 7) is 0.864. The molecule has 0 radical (unpaired) electrons. The molecule has 0 fully saturated rings. The molecule has 0 spiro atoms. The summed E-state index contributed by atoms with van der Waals surface area (Å²) < 4.78 is 0. The minimum atomic E-state index is 0.261. The molecule has 0 unspecified atom stereocenters. The smallest absolute Gasteiger partial charge is 0.142 e. The first-order valence-corrected chi connectivity index (χ1v) is 8.03. The van der Waals surface area contributed by atoms with Crippen LogP contribution in [-0.2, 0) is 6.54 Å². The Kier molecular flexibility index (Phi) is 4.15. The highest BCUT2D eigenvalue weighted by Crippen LogP contribution is 2.34. The first-order chi connectivity index (χ1) is 11.1. The molecule has 5 nitrogen and oxygen atoms in total. The number of aromatic nitrogens is 2. The van der Waals surface area contributed by atoms with Crippen molar-refractivity contribution in [1.82, 2.24) is 14.9 Å². The SMILES string of the molecule is CN(C)Cc1csc(-c2cc(-c3ccc[nH]3)nc(N)c2C#N)c1.